The van der Waals surface area contributed by atoms with Crippen LogP contribution < -0.4 is 0 Å². The first-order valence-electron chi connectivity index (χ1n) is 15.6. The van der Waals surface area contributed by atoms with E-state index in [2.05, 4.69) is 36.9 Å². The number of rotatable bonds is 8. The van der Waals surface area contributed by atoms with E-state index in [-0.39, 0.29) is 29.4 Å². The van der Waals surface area contributed by atoms with Crippen LogP contribution in [0.15, 0.2) is 94.6 Å². The summed E-state index contributed by atoms with van der Waals surface area (Å²) in [5.74, 6) is 2.31. The lowest BCUT2D eigenvalue weighted by molar-refractivity contribution is -0.0153. The Labute approximate surface area is 257 Å². The molecule has 0 saturated heterocycles. The van der Waals surface area contributed by atoms with E-state index < -0.39 is 20.1 Å². The van der Waals surface area contributed by atoms with Crippen LogP contribution in [0.25, 0.3) is 4.85 Å². The van der Waals surface area contributed by atoms with Crippen LogP contribution in [0.4, 0.5) is 0 Å². The first-order chi connectivity index (χ1) is 20.6. The molecular weight excluding hydrogens is 554 g/mol. The topological polar surface area (TPSA) is 57.0 Å². The third kappa shape index (κ3) is 4.71. The van der Waals surface area contributed by atoms with E-state index >= 15 is 0 Å². The number of methoxy groups -OCH3 is 1. The van der Waals surface area contributed by atoms with Crippen molar-refractivity contribution >= 4 is 9.84 Å². The average Bonchev–Trinajstić information content (AvgIpc) is 3.37. The summed E-state index contributed by atoms with van der Waals surface area (Å²) in [6.07, 6.45) is 12.5. The van der Waals surface area contributed by atoms with Crippen molar-refractivity contribution in [3.63, 3.8) is 0 Å². The summed E-state index contributed by atoms with van der Waals surface area (Å²) in [6.45, 7) is 15.2. The van der Waals surface area contributed by atoms with Crippen molar-refractivity contribution in [2.75, 3.05) is 13.7 Å². The number of allylic oxidation sites excluding steroid dienone is 5. The second-order valence-corrected chi connectivity index (χ2v) is 15.7. The van der Waals surface area contributed by atoms with E-state index in [1.54, 1.807) is 19.2 Å². The van der Waals surface area contributed by atoms with Crippen molar-refractivity contribution in [3.8, 4) is 0 Å². The average molecular weight is 598 g/mol. The quantitative estimate of drug-likeness (QED) is 0.227. The molecule has 4 aliphatic carbocycles. The molecule has 1 saturated carbocycles. The number of nitrogens with zero attached hydrogens (tertiary/aromatic N) is 1. The minimum absolute atomic E-state index is 0.0959. The van der Waals surface area contributed by atoms with Gasteiger partial charge >= 0.3 is 4.87 Å². The molecule has 2 aromatic rings. The Kier molecular flexibility index (Phi) is 7.72. The first kappa shape index (κ1) is 29.9. The standard InChI is InChI=1S/C37H43NO4S/c1-26-11-14-30(15-12-26)43(39,40)37(38-4,25-42-24-27-9-7-6-8-10-27)34-18-17-32-31-16-13-28-23-29(41-5)19-21-35(28,2)33(31)20-22-36(32,34)3/h6-15,18,23,31-33H,16-17,19-22,24-25H2,1-3,5H3/t31-,32-,33-,35-,36-,37?/m0/s1. The maximum absolute atomic E-state index is 14.7. The van der Waals surface area contributed by atoms with E-state index in [0.29, 0.717) is 11.8 Å². The van der Waals surface area contributed by atoms with Gasteiger partial charge in [0, 0.05) is 17.4 Å². The van der Waals surface area contributed by atoms with Crippen molar-refractivity contribution in [1.29, 1.82) is 0 Å². The molecule has 0 aromatic heterocycles. The Morgan fingerprint density at radius 3 is 2.42 bits per heavy atom. The van der Waals surface area contributed by atoms with E-state index in [9.17, 15) is 8.42 Å². The lowest BCUT2D eigenvalue weighted by Crippen LogP contribution is -2.53. The van der Waals surface area contributed by atoms with Gasteiger partial charge < -0.3 is 9.47 Å². The van der Waals surface area contributed by atoms with Gasteiger partial charge in [0.2, 0.25) is 0 Å². The highest BCUT2D eigenvalue weighted by molar-refractivity contribution is 7.93. The summed E-state index contributed by atoms with van der Waals surface area (Å²) in [5, 5.41) is 0. The minimum Gasteiger partial charge on any atom is -0.501 e. The monoisotopic (exact) mass is 597 g/mol. The Morgan fingerprint density at radius 2 is 1.72 bits per heavy atom. The van der Waals surface area contributed by atoms with Crippen LogP contribution in [-0.2, 0) is 25.9 Å². The number of ether oxygens (including phenoxy) is 2. The molecule has 0 bridgehead atoms. The van der Waals surface area contributed by atoms with Gasteiger partial charge in [0.25, 0.3) is 9.84 Å². The van der Waals surface area contributed by atoms with Crippen LogP contribution in [0.3, 0.4) is 0 Å². The Bertz CT molecular complexity index is 1620. The van der Waals surface area contributed by atoms with Crippen molar-refractivity contribution in [1.82, 2.24) is 0 Å². The third-order valence-electron chi connectivity index (χ3n) is 11.4. The molecule has 6 rings (SSSR count). The zero-order chi connectivity index (χ0) is 30.5. The summed E-state index contributed by atoms with van der Waals surface area (Å²) < 4.78 is 41.1. The highest BCUT2D eigenvalue weighted by Gasteiger charge is 2.66. The maximum Gasteiger partial charge on any atom is 0.377 e. The maximum atomic E-state index is 14.7. The van der Waals surface area contributed by atoms with Gasteiger partial charge in [-0.3, -0.25) is 4.85 Å². The van der Waals surface area contributed by atoms with Crippen molar-refractivity contribution in [2.24, 2.45) is 28.6 Å². The molecule has 226 valence electrons. The molecule has 0 spiro atoms. The zero-order valence-corrected chi connectivity index (χ0v) is 26.6. The molecule has 1 fully saturated rings. The summed E-state index contributed by atoms with van der Waals surface area (Å²) in [7, 11) is -2.35. The molecule has 0 N–H and O–H groups in total. The fourth-order valence-corrected chi connectivity index (χ4v) is 10.7. The fourth-order valence-electron chi connectivity index (χ4n) is 8.88. The van der Waals surface area contributed by atoms with Crippen LogP contribution in [0.5, 0.6) is 0 Å². The Morgan fingerprint density at radius 1 is 0.977 bits per heavy atom. The smallest absolute Gasteiger partial charge is 0.377 e. The van der Waals surface area contributed by atoms with Gasteiger partial charge in [-0.1, -0.05) is 74.0 Å². The molecule has 5 nitrogen and oxygen atoms in total. The van der Waals surface area contributed by atoms with Crippen molar-refractivity contribution < 1.29 is 17.9 Å². The van der Waals surface area contributed by atoms with E-state index in [0.717, 1.165) is 61.0 Å². The number of hydrogen-bond donors (Lipinski definition) is 0. The number of aryl methyl sites for hydroxylation is 1. The normalized spacial score (nSPS) is 31.2. The minimum atomic E-state index is -4.11. The van der Waals surface area contributed by atoms with Crippen LogP contribution in [-0.4, -0.2) is 27.0 Å². The fraction of sp³-hybridized carbons (Fsp3) is 0.486. The number of fused-ring (bicyclic) bond motifs is 5. The lowest BCUT2D eigenvalue weighted by atomic mass is 9.48. The van der Waals surface area contributed by atoms with Crippen LogP contribution in [0.1, 0.15) is 63.5 Å². The molecule has 6 heteroatoms. The number of sulfone groups is 1. The zero-order valence-electron chi connectivity index (χ0n) is 25.8. The molecule has 1 unspecified atom stereocenters. The second-order valence-electron chi connectivity index (χ2n) is 13.5. The Balaban J connectivity index is 1.37. The van der Waals surface area contributed by atoms with Crippen LogP contribution >= 0.6 is 0 Å². The third-order valence-corrected chi connectivity index (χ3v) is 13.6. The molecule has 43 heavy (non-hydrogen) atoms. The highest BCUT2D eigenvalue weighted by atomic mass is 32.2. The summed E-state index contributed by atoms with van der Waals surface area (Å²) in [4.78, 5) is 2.43. The second kappa shape index (κ2) is 11.1. The van der Waals surface area contributed by atoms with E-state index in [4.69, 9.17) is 16.0 Å². The molecule has 2 aromatic carbocycles. The number of benzene rings is 2. The van der Waals surface area contributed by atoms with Gasteiger partial charge in [-0.2, -0.15) is 0 Å². The van der Waals surface area contributed by atoms with Gasteiger partial charge in [0.1, 0.15) is 6.61 Å². The van der Waals surface area contributed by atoms with Gasteiger partial charge in [-0.15, -0.1) is 0 Å². The highest BCUT2D eigenvalue weighted by Crippen LogP contribution is 2.66. The molecule has 6 atom stereocenters. The van der Waals surface area contributed by atoms with Gasteiger partial charge in [0.15, 0.2) is 0 Å². The van der Waals surface area contributed by atoms with Crippen molar-refractivity contribution in [2.45, 2.75) is 75.7 Å². The summed E-state index contributed by atoms with van der Waals surface area (Å²) in [6, 6.07) is 16.7. The Hall–Kier alpha value is -3.14. The summed E-state index contributed by atoms with van der Waals surface area (Å²) in [5.41, 5.74) is 3.78. The van der Waals surface area contributed by atoms with Crippen molar-refractivity contribution in [3.05, 3.63) is 112 Å². The SMILES string of the molecule is [C-]#[N+]C(COCc1ccccc1)(C1=CC[C@H]2[C@@H]3CC=C4C=C(OC)CC[C@]4(C)[C@H]3CC[C@]12C)S(=O)(=O)c1ccc(C)cc1. The molecule has 0 heterocycles. The largest absolute Gasteiger partial charge is 0.501 e. The predicted molar refractivity (Wildman–Crippen MR) is 169 cm³/mol. The van der Waals surface area contributed by atoms with Gasteiger partial charge in [0.05, 0.1) is 24.4 Å². The van der Waals surface area contributed by atoms with Crippen LogP contribution in [0, 0.1) is 42.1 Å². The summed E-state index contributed by atoms with van der Waals surface area (Å²) >= 11 is 0. The molecule has 0 radical (unpaired) electrons. The molecule has 4 aliphatic rings. The van der Waals surface area contributed by atoms with E-state index in [1.165, 1.54) is 5.57 Å². The predicted octanol–water partition coefficient (Wildman–Crippen LogP) is 8.24. The number of hydrogen-bond acceptors (Lipinski definition) is 4. The first-order valence-corrected chi connectivity index (χ1v) is 17.1. The molecule has 0 aliphatic heterocycles. The van der Waals surface area contributed by atoms with Gasteiger partial charge in [-0.25, -0.2) is 15.0 Å². The molecular formula is C37H43NO4S. The van der Waals surface area contributed by atoms with Crippen LogP contribution in [0.2, 0.25) is 0 Å². The van der Waals surface area contributed by atoms with E-state index in [1.807, 2.05) is 49.4 Å². The lowest BCUT2D eigenvalue weighted by Gasteiger charge is -2.57. The van der Waals surface area contributed by atoms with Gasteiger partial charge in [-0.05, 0) is 91.5 Å². The molecule has 0 amide bonds.